The normalized spacial score (nSPS) is 14.5. The van der Waals surface area contributed by atoms with E-state index in [1.165, 1.54) is 6.92 Å². The van der Waals surface area contributed by atoms with Crippen molar-refractivity contribution >= 4 is 17.8 Å². The predicted octanol–water partition coefficient (Wildman–Crippen LogP) is 2.55. The van der Waals surface area contributed by atoms with Crippen molar-refractivity contribution in [2.24, 2.45) is 5.92 Å². The summed E-state index contributed by atoms with van der Waals surface area (Å²) in [7, 11) is 0. The maximum atomic E-state index is 12.3. The van der Waals surface area contributed by atoms with Crippen molar-refractivity contribution in [3.63, 3.8) is 0 Å². The first-order valence-electron chi connectivity index (χ1n) is 8.85. The van der Waals surface area contributed by atoms with Crippen LogP contribution in [0.3, 0.4) is 0 Å². The number of hydrogen-bond acceptors (Lipinski definition) is 4. The molecular formula is C20H26N2O4. The lowest BCUT2D eigenvalue weighted by Crippen LogP contribution is -2.41. The zero-order valence-corrected chi connectivity index (χ0v) is 15.6. The molecule has 1 aliphatic heterocycles. The number of likely N-dealkylation sites (tertiary alicyclic amines) is 1. The number of piperidine rings is 1. The summed E-state index contributed by atoms with van der Waals surface area (Å²) in [6.07, 6.45) is 3.41. The highest BCUT2D eigenvalue weighted by Gasteiger charge is 2.22. The van der Waals surface area contributed by atoms with Gasteiger partial charge in [-0.25, -0.2) is 0 Å². The Kier molecular flexibility index (Phi) is 6.95. The standard InChI is InChI=1S/C20H26N2O4/c1-14(2)11-19(24)22-9-7-16(8-10-22)13-21-20(25)17-5-4-6-18(12-17)26-15(3)23/h4-6,11-12,16H,7-10,13H2,1-3H3,(H,21,25). The van der Waals surface area contributed by atoms with E-state index in [-0.39, 0.29) is 11.8 Å². The van der Waals surface area contributed by atoms with Gasteiger partial charge in [-0.1, -0.05) is 11.6 Å². The summed E-state index contributed by atoms with van der Waals surface area (Å²) in [6, 6.07) is 6.55. The SMILES string of the molecule is CC(=O)Oc1cccc(C(=O)NCC2CCN(C(=O)C=C(C)C)CC2)c1. The number of nitrogens with zero attached hydrogens (tertiary/aromatic N) is 1. The number of benzene rings is 1. The average Bonchev–Trinajstić information content (AvgIpc) is 2.59. The van der Waals surface area contributed by atoms with Crippen molar-refractivity contribution in [1.29, 1.82) is 0 Å². The molecule has 0 spiro atoms. The summed E-state index contributed by atoms with van der Waals surface area (Å²) in [5, 5.41) is 2.93. The molecule has 1 heterocycles. The molecule has 1 saturated heterocycles. The van der Waals surface area contributed by atoms with E-state index in [4.69, 9.17) is 4.74 Å². The quantitative estimate of drug-likeness (QED) is 0.499. The van der Waals surface area contributed by atoms with Gasteiger partial charge in [-0.05, 0) is 50.8 Å². The molecule has 2 amide bonds. The van der Waals surface area contributed by atoms with Gasteiger partial charge in [0.1, 0.15) is 5.75 Å². The third-order valence-electron chi connectivity index (χ3n) is 4.25. The molecular weight excluding hydrogens is 332 g/mol. The van der Waals surface area contributed by atoms with E-state index < -0.39 is 5.97 Å². The molecule has 0 radical (unpaired) electrons. The van der Waals surface area contributed by atoms with Crippen LogP contribution in [-0.2, 0) is 9.59 Å². The summed E-state index contributed by atoms with van der Waals surface area (Å²) in [5.41, 5.74) is 1.46. The predicted molar refractivity (Wildman–Crippen MR) is 98.8 cm³/mol. The third kappa shape index (κ3) is 6.02. The fourth-order valence-corrected chi connectivity index (χ4v) is 2.90. The van der Waals surface area contributed by atoms with Crippen molar-refractivity contribution in [2.75, 3.05) is 19.6 Å². The van der Waals surface area contributed by atoms with Gasteiger partial charge < -0.3 is 15.0 Å². The van der Waals surface area contributed by atoms with Crippen LogP contribution >= 0.6 is 0 Å². The highest BCUT2D eigenvalue weighted by molar-refractivity contribution is 5.94. The van der Waals surface area contributed by atoms with Crippen LogP contribution in [0.15, 0.2) is 35.9 Å². The Balaban J connectivity index is 1.81. The lowest BCUT2D eigenvalue weighted by molar-refractivity contribution is -0.132. The summed E-state index contributed by atoms with van der Waals surface area (Å²) in [6.45, 7) is 7.15. The second-order valence-corrected chi connectivity index (χ2v) is 6.82. The van der Waals surface area contributed by atoms with E-state index in [2.05, 4.69) is 5.32 Å². The zero-order chi connectivity index (χ0) is 19.1. The van der Waals surface area contributed by atoms with Gasteiger partial charge in [0.25, 0.3) is 5.91 Å². The van der Waals surface area contributed by atoms with Crippen molar-refractivity contribution in [3.05, 3.63) is 41.5 Å². The second-order valence-electron chi connectivity index (χ2n) is 6.82. The van der Waals surface area contributed by atoms with Gasteiger partial charge in [0.05, 0.1) is 0 Å². The van der Waals surface area contributed by atoms with E-state index in [1.807, 2.05) is 18.7 Å². The molecule has 1 fully saturated rings. The Labute approximate surface area is 154 Å². The van der Waals surface area contributed by atoms with E-state index >= 15 is 0 Å². The van der Waals surface area contributed by atoms with E-state index in [0.29, 0.717) is 36.9 Å². The van der Waals surface area contributed by atoms with Crippen molar-refractivity contribution < 1.29 is 19.1 Å². The van der Waals surface area contributed by atoms with Crippen LogP contribution < -0.4 is 10.1 Å². The molecule has 0 aliphatic carbocycles. The van der Waals surface area contributed by atoms with E-state index in [1.54, 1.807) is 30.3 Å². The van der Waals surface area contributed by atoms with E-state index in [9.17, 15) is 14.4 Å². The van der Waals surface area contributed by atoms with Crippen molar-refractivity contribution in [3.8, 4) is 5.75 Å². The smallest absolute Gasteiger partial charge is 0.308 e. The summed E-state index contributed by atoms with van der Waals surface area (Å²) >= 11 is 0. The monoisotopic (exact) mass is 358 g/mol. The zero-order valence-electron chi connectivity index (χ0n) is 15.6. The van der Waals surface area contributed by atoms with E-state index in [0.717, 1.165) is 18.4 Å². The first kappa shape index (κ1) is 19.7. The second kappa shape index (κ2) is 9.17. The summed E-state index contributed by atoms with van der Waals surface area (Å²) in [4.78, 5) is 37.2. The molecule has 2 rings (SSSR count). The fourth-order valence-electron chi connectivity index (χ4n) is 2.90. The number of esters is 1. The Bertz CT molecular complexity index is 700. The topological polar surface area (TPSA) is 75.7 Å². The number of carbonyl (C=O) groups excluding carboxylic acids is 3. The lowest BCUT2D eigenvalue weighted by atomic mass is 9.96. The number of hydrogen-bond donors (Lipinski definition) is 1. The molecule has 6 heteroatoms. The Morgan fingerprint density at radius 2 is 1.88 bits per heavy atom. The Morgan fingerprint density at radius 3 is 2.50 bits per heavy atom. The van der Waals surface area contributed by atoms with Gasteiger partial charge >= 0.3 is 5.97 Å². The maximum absolute atomic E-state index is 12.3. The molecule has 0 aromatic heterocycles. The van der Waals surface area contributed by atoms with Gasteiger partial charge in [-0.15, -0.1) is 0 Å². The van der Waals surface area contributed by atoms with Crippen molar-refractivity contribution in [2.45, 2.75) is 33.6 Å². The van der Waals surface area contributed by atoms with Gasteiger partial charge in [0.2, 0.25) is 5.91 Å². The molecule has 6 nitrogen and oxygen atoms in total. The lowest BCUT2D eigenvalue weighted by Gasteiger charge is -2.31. The Morgan fingerprint density at radius 1 is 1.19 bits per heavy atom. The van der Waals surface area contributed by atoms with Gasteiger partial charge in [0.15, 0.2) is 0 Å². The minimum Gasteiger partial charge on any atom is -0.427 e. The minimum atomic E-state index is -0.419. The van der Waals surface area contributed by atoms with Gasteiger partial charge in [0, 0.05) is 38.2 Å². The van der Waals surface area contributed by atoms with Crippen LogP contribution in [0.2, 0.25) is 0 Å². The molecule has 140 valence electrons. The van der Waals surface area contributed by atoms with Crippen LogP contribution in [0.5, 0.6) is 5.75 Å². The van der Waals surface area contributed by atoms with Crippen LogP contribution in [-0.4, -0.2) is 42.3 Å². The third-order valence-corrected chi connectivity index (χ3v) is 4.25. The first-order valence-corrected chi connectivity index (χ1v) is 8.85. The van der Waals surface area contributed by atoms with Crippen LogP contribution in [0, 0.1) is 5.92 Å². The van der Waals surface area contributed by atoms with Gasteiger partial charge in [-0.2, -0.15) is 0 Å². The Hall–Kier alpha value is -2.63. The molecule has 1 N–H and O–H groups in total. The highest BCUT2D eigenvalue weighted by atomic mass is 16.5. The number of allylic oxidation sites excluding steroid dienone is 1. The number of ether oxygens (including phenoxy) is 1. The number of amides is 2. The first-order chi connectivity index (χ1) is 12.3. The number of rotatable bonds is 5. The number of nitrogens with one attached hydrogen (secondary N) is 1. The molecule has 1 aliphatic rings. The van der Waals surface area contributed by atoms with Crippen molar-refractivity contribution in [1.82, 2.24) is 10.2 Å². The van der Waals surface area contributed by atoms with Gasteiger partial charge in [-0.3, -0.25) is 14.4 Å². The summed E-state index contributed by atoms with van der Waals surface area (Å²) in [5.74, 6) is 0.163. The van der Waals surface area contributed by atoms with Crippen LogP contribution in [0.25, 0.3) is 0 Å². The highest BCUT2D eigenvalue weighted by Crippen LogP contribution is 2.18. The van der Waals surface area contributed by atoms with Crippen LogP contribution in [0.4, 0.5) is 0 Å². The fraction of sp³-hybridized carbons (Fsp3) is 0.450. The maximum Gasteiger partial charge on any atom is 0.308 e. The molecule has 1 aromatic rings. The van der Waals surface area contributed by atoms with Crippen LogP contribution in [0.1, 0.15) is 44.0 Å². The molecule has 0 unspecified atom stereocenters. The summed E-state index contributed by atoms with van der Waals surface area (Å²) < 4.78 is 5.00. The molecule has 0 bridgehead atoms. The molecule has 1 aromatic carbocycles. The number of carbonyl (C=O) groups is 3. The molecule has 0 atom stereocenters. The molecule has 0 saturated carbocycles. The molecule has 26 heavy (non-hydrogen) atoms. The minimum absolute atomic E-state index is 0.0646. The largest absolute Gasteiger partial charge is 0.427 e. The average molecular weight is 358 g/mol.